The number of aromatic amines is 1. The number of rotatable bonds is 2. The molecule has 0 aromatic carbocycles. The van der Waals surface area contributed by atoms with Crippen molar-refractivity contribution in [1.29, 1.82) is 0 Å². The second-order valence-electron chi connectivity index (χ2n) is 3.72. The lowest BCUT2D eigenvalue weighted by Gasteiger charge is -1.98. The van der Waals surface area contributed by atoms with E-state index in [1.165, 1.54) is 4.57 Å². The quantitative estimate of drug-likeness (QED) is 0.879. The molecule has 6 heteroatoms. The topological polar surface area (TPSA) is 66.9 Å². The Bertz CT molecular complexity index is 642. The summed E-state index contributed by atoms with van der Waals surface area (Å²) in [6.07, 6.45) is 1.68. The van der Waals surface area contributed by atoms with E-state index >= 15 is 0 Å². The summed E-state index contributed by atoms with van der Waals surface area (Å²) < 4.78 is 2.24. The van der Waals surface area contributed by atoms with Crippen LogP contribution in [0, 0.1) is 0 Å². The van der Waals surface area contributed by atoms with E-state index in [0.717, 1.165) is 4.47 Å². The summed E-state index contributed by atoms with van der Waals surface area (Å²) in [5.41, 5.74) is 0.674. The van der Waals surface area contributed by atoms with Crippen LogP contribution in [0.5, 0.6) is 0 Å². The summed E-state index contributed by atoms with van der Waals surface area (Å²) in [5, 5.41) is 3.40. The Kier molecular flexibility index (Phi) is 3.06. The normalized spacial score (nSPS) is 10.8. The second-order valence-corrected chi connectivity index (χ2v) is 4.58. The molecular weight excluding hydrogens is 286 g/mol. The van der Waals surface area contributed by atoms with E-state index in [1.807, 2.05) is 6.92 Å². The molecule has 0 bridgehead atoms. The standard InChI is InChI=1S/C11H12BrN3O2/c1-3-13-10(16)8-4-6-7(12)5-15(2)11(17)9(6)14-8/h4-5,14H,3H2,1-2H3,(H,13,16). The van der Waals surface area contributed by atoms with Crippen LogP contribution in [0.25, 0.3) is 10.9 Å². The molecule has 0 saturated carbocycles. The molecule has 0 aliphatic rings. The molecule has 2 aromatic heterocycles. The minimum atomic E-state index is -0.211. The van der Waals surface area contributed by atoms with Gasteiger partial charge in [-0.3, -0.25) is 9.59 Å². The van der Waals surface area contributed by atoms with Crippen LogP contribution in [-0.4, -0.2) is 22.0 Å². The van der Waals surface area contributed by atoms with Crippen molar-refractivity contribution >= 4 is 32.7 Å². The van der Waals surface area contributed by atoms with Crippen LogP contribution in [0.15, 0.2) is 21.5 Å². The zero-order valence-electron chi connectivity index (χ0n) is 9.50. The first-order valence-electron chi connectivity index (χ1n) is 5.20. The van der Waals surface area contributed by atoms with Crippen molar-refractivity contribution in [3.05, 3.63) is 32.8 Å². The van der Waals surface area contributed by atoms with Gasteiger partial charge >= 0.3 is 0 Å². The summed E-state index contributed by atoms with van der Waals surface area (Å²) in [6, 6.07) is 1.67. The minimum Gasteiger partial charge on any atom is -0.351 e. The van der Waals surface area contributed by atoms with Crippen LogP contribution in [0.1, 0.15) is 17.4 Å². The number of hydrogen-bond acceptors (Lipinski definition) is 2. The summed E-state index contributed by atoms with van der Waals surface area (Å²) in [6.45, 7) is 2.39. The lowest BCUT2D eigenvalue weighted by Crippen LogP contribution is -2.23. The molecule has 0 atom stereocenters. The lowest BCUT2D eigenvalue weighted by atomic mass is 10.3. The van der Waals surface area contributed by atoms with E-state index < -0.39 is 0 Å². The van der Waals surface area contributed by atoms with Crippen LogP contribution < -0.4 is 10.9 Å². The molecule has 2 aromatic rings. The van der Waals surface area contributed by atoms with E-state index in [4.69, 9.17) is 0 Å². The van der Waals surface area contributed by atoms with Gasteiger partial charge < -0.3 is 14.9 Å². The number of nitrogens with one attached hydrogen (secondary N) is 2. The molecule has 2 heterocycles. The number of nitrogens with zero attached hydrogens (tertiary/aromatic N) is 1. The summed E-state index contributed by atoms with van der Waals surface area (Å²) in [7, 11) is 1.67. The Balaban J connectivity index is 2.65. The third-order valence-electron chi connectivity index (χ3n) is 2.50. The van der Waals surface area contributed by atoms with Crippen molar-refractivity contribution < 1.29 is 4.79 Å². The zero-order valence-corrected chi connectivity index (χ0v) is 11.1. The van der Waals surface area contributed by atoms with E-state index in [9.17, 15) is 9.59 Å². The first kappa shape index (κ1) is 11.9. The van der Waals surface area contributed by atoms with Gasteiger partial charge in [0, 0.05) is 29.6 Å². The molecule has 5 nitrogen and oxygen atoms in total. The largest absolute Gasteiger partial charge is 0.351 e. The maximum absolute atomic E-state index is 11.9. The smallest absolute Gasteiger partial charge is 0.274 e. The van der Waals surface area contributed by atoms with Gasteiger partial charge in [0.25, 0.3) is 11.5 Å². The summed E-state index contributed by atoms with van der Waals surface area (Å²) >= 11 is 3.37. The fourth-order valence-electron chi connectivity index (χ4n) is 1.66. The highest BCUT2D eigenvalue weighted by atomic mass is 79.9. The predicted molar refractivity (Wildman–Crippen MR) is 69.2 cm³/mol. The van der Waals surface area contributed by atoms with Crippen molar-refractivity contribution in [2.75, 3.05) is 6.54 Å². The molecule has 0 fully saturated rings. The van der Waals surface area contributed by atoms with Crippen molar-refractivity contribution in [1.82, 2.24) is 14.9 Å². The third-order valence-corrected chi connectivity index (χ3v) is 3.13. The van der Waals surface area contributed by atoms with Crippen molar-refractivity contribution in [2.24, 2.45) is 7.05 Å². The summed E-state index contributed by atoms with van der Waals surface area (Å²) in [4.78, 5) is 26.4. The van der Waals surface area contributed by atoms with Gasteiger partial charge in [0.05, 0.1) is 0 Å². The SMILES string of the molecule is CCNC(=O)c1cc2c(Br)cn(C)c(=O)c2[nH]1. The van der Waals surface area contributed by atoms with Crippen molar-refractivity contribution in [3.63, 3.8) is 0 Å². The lowest BCUT2D eigenvalue weighted by molar-refractivity contribution is 0.0951. The van der Waals surface area contributed by atoms with E-state index in [2.05, 4.69) is 26.2 Å². The second kappa shape index (κ2) is 4.37. The number of pyridine rings is 1. The first-order valence-corrected chi connectivity index (χ1v) is 6.00. The van der Waals surface area contributed by atoms with Crippen LogP contribution in [-0.2, 0) is 7.05 Å². The molecule has 2 rings (SSSR count). The van der Waals surface area contributed by atoms with Crippen molar-refractivity contribution in [2.45, 2.75) is 6.92 Å². The number of carbonyl (C=O) groups excluding carboxylic acids is 1. The highest BCUT2D eigenvalue weighted by Crippen LogP contribution is 2.21. The third kappa shape index (κ3) is 2.00. The van der Waals surface area contributed by atoms with Crippen LogP contribution in [0.4, 0.5) is 0 Å². The van der Waals surface area contributed by atoms with Gasteiger partial charge in [0.2, 0.25) is 0 Å². The van der Waals surface area contributed by atoms with Crippen molar-refractivity contribution in [3.8, 4) is 0 Å². The van der Waals surface area contributed by atoms with E-state index in [-0.39, 0.29) is 11.5 Å². The van der Waals surface area contributed by atoms with E-state index in [0.29, 0.717) is 23.1 Å². The Morgan fingerprint density at radius 3 is 2.94 bits per heavy atom. The van der Waals surface area contributed by atoms with Crippen LogP contribution in [0.2, 0.25) is 0 Å². The molecule has 0 radical (unpaired) electrons. The molecule has 0 aliphatic heterocycles. The van der Waals surface area contributed by atoms with Gasteiger partial charge in [-0.05, 0) is 28.9 Å². The maximum Gasteiger partial charge on any atom is 0.274 e. The zero-order chi connectivity index (χ0) is 12.6. The molecule has 0 spiro atoms. The molecule has 90 valence electrons. The molecule has 0 unspecified atom stereocenters. The van der Waals surface area contributed by atoms with Gasteiger partial charge in [-0.15, -0.1) is 0 Å². The molecular formula is C11H12BrN3O2. The molecule has 0 aliphatic carbocycles. The monoisotopic (exact) mass is 297 g/mol. The number of aryl methyl sites for hydroxylation is 1. The highest BCUT2D eigenvalue weighted by Gasteiger charge is 2.13. The Morgan fingerprint density at radius 2 is 2.29 bits per heavy atom. The average Bonchev–Trinajstić information content (AvgIpc) is 2.72. The van der Waals surface area contributed by atoms with Gasteiger partial charge in [0.1, 0.15) is 11.2 Å². The molecule has 0 saturated heterocycles. The number of H-pyrrole nitrogens is 1. The van der Waals surface area contributed by atoms with Gasteiger partial charge in [-0.25, -0.2) is 0 Å². The highest BCUT2D eigenvalue weighted by molar-refractivity contribution is 9.10. The maximum atomic E-state index is 11.9. The first-order chi connectivity index (χ1) is 8.04. The Morgan fingerprint density at radius 1 is 1.59 bits per heavy atom. The molecule has 2 N–H and O–H groups in total. The minimum absolute atomic E-state index is 0.154. The number of aromatic nitrogens is 2. The number of amides is 1. The molecule has 17 heavy (non-hydrogen) atoms. The number of carbonyl (C=O) groups is 1. The average molecular weight is 298 g/mol. The summed E-state index contributed by atoms with van der Waals surface area (Å²) in [5.74, 6) is -0.211. The fourth-order valence-corrected chi connectivity index (χ4v) is 2.28. The predicted octanol–water partition coefficient (Wildman–Crippen LogP) is 1.38. The number of fused-ring (bicyclic) bond motifs is 1. The van der Waals surface area contributed by atoms with Gasteiger partial charge in [-0.2, -0.15) is 0 Å². The molecule has 1 amide bonds. The van der Waals surface area contributed by atoms with Crippen LogP contribution in [0.3, 0.4) is 0 Å². The van der Waals surface area contributed by atoms with Gasteiger partial charge in [-0.1, -0.05) is 0 Å². The van der Waals surface area contributed by atoms with E-state index in [1.54, 1.807) is 19.3 Å². The fraction of sp³-hybridized carbons (Fsp3) is 0.273. The Hall–Kier alpha value is -1.56. The Labute approximate surface area is 106 Å². The number of hydrogen-bond donors (Lipinski definition) is 2. The van der Waals surface area contributed by atoms with Gasteiger partial charge in [0.15, 0.2) is 0 Å². The van der Waals surface area contributed by atoms with Crippen LogP contribution >= 0.6 is 15.9 Å². The number of halogens is 1.